The third-order valence-corrected chi connectivity index (χ3v) is 3.69. The second kappa shape index (κ2) is 5.90. The molecule has 0 saturated heterocycles. The number of ether oxygens (including phenoxy) is 1. The number of halogens is 1. The molecule has 4 heteroatoms. The Hall–Kier alpha value is -1.81. The van der Waals surface area contributed by atoms with Gasteiger partial charge < -0.3 is 14.3 Å². The zero-order chi connectivity index (χ0) is 14.8. The molecule has 21 heavy (non-hydrogen) atoms. The van der Waals surface area contributed by atoms with Gasteiger partial charge in [-0.2, -0.15) is 0 Å². The van der Waals surface area contributed by atoms with Crippen LogP contribution in [0.25, 0.3) is 11.0 Å². The van der Waals surface area contributed by atoms with Gasteiger partial charge in [0.05, 0.1) is 0 Å². The van der Waals surface area contributed by atoms with Crippen LogP contribution in [-0.4, -0.2) is 12.2 Å². The third-order valence-electron chi connectivity index (χ3n) is 3.46. The summed E-state index contributed by atoms with van der Waals surface area (Å²) in [6.45, 7) is 0. The van der Waals surface area contributed by atoms with E-state index in [1.807, 2.05) is 30.3 Å². The Kier molecular flexibility index (Phi) is 3.97. The van der Waals surface area contributed by atoms with Gasteiger partial charge in [0.2, 0.25) is 0 Å². The Balaban J connectivity index is 1.96. The molecule has 0 bridgehead atoms. The molecule has 0 spiro atoms. The fourth-order valence-corrected chi connectivity index (χ4v) is 2.60. The summed E-state index contributed by atoms with van der Waals surface area (Å²) < 4.78 is 11.1. The minimum atomic E-state index is -0.886. The van der Waals surface area contributed by atoms with Crippen LogP contribution in [-0.2, 0) is 4.74 Å². The average molecular weight is 303 g/mol. The van der Waals surface area contributed by atoms with Crippen molar-refractivity contribution in [1.82, 2.24) is 0 Å². The van der Waals surface area contributed by atoms with E-state index in [0.717, 1.165) is 10.9 Å². The van der Waals surface area contributed by atoms with E-state index in [4.69, 9.17) is 20.8 Å². The van der Waals surface area contributed by atoms with E-state index < -0.39 is 12.2 Å². The highest BCUT2D eigenvalue weighted by Gasteiger charge is 2.25. The molecule has 1 N–H and O–H groups in total. The van der Waals surface area contributed by atoms with Crippen LogP contribution in [0.3, 0.4) is 0 Å². The maximum absolute atomic E-state index is 10.6. The van der Waals surface area contributed by atoms with Crippen molar-refractivity contribution >= 4 is 22.6 Å². The zero-order valence-electron chi connectivity index (χ0n) is 11.5. The Morgan fingerprint density at radius 3 is 2.57 bits per heavy atom. The van der Waals surface area contributed by atoms with Gasteiger partial charge >= 0.3 is 0 Å². The molecule has 3 aromatic rings. The first-order chi connectivity index (χ1) is 10.2. The Bertz CT molecular complexity index is 736. The number of fused-ring (bicyclic) bond motifs is 1. The highest BCUT2D eigenvalue weighted by atomic mass is 35.5. The van der Waals surface area contributed by atoms with Gasteiger partial charge in [0.15, 0.2) is 0 Å². The normalized spacial score (nSPS) is 14.2. The predicted octanol–water partition coefficient (Wildman–Crippen LogP) is 4.51. The van der Waals surface area contributed by atoms with E-state index >= 15 is 0 Å². The summed E-state index contributed by atoms with van der Waals surface area (Å²) in [6, 6.07) is 16.7. The fraction of sp³-hybridized carbons (Fsp3) is 0.176. The highest BCUT2D eigenvalue weighted by molar-refractivity contribution is 6.31. The maximum atomic E-state index is 10.6. The van der Waals surface area contributed by atoms with Crippen LogP contribution in [0.5, 0.6) is 0 Å². The number of hydrogen-bond acceptors (Lipinski definition) is 3. The molecule has 0 radical (unpaired) electrons. The summed E-state index contributed by atoms with van der Waals surface area (Å²) >= 11 is 5.96. The number of benzene rings is 2. The van der Waals surface area contributed by atoms with Crippen LogP contribution in [0.2, 0.25) is 5.02 Å². The minimum absolute atomic E-state index is 0.461. The van der Waals surface area contributed by atoms with Crippen molar-refractivity contribution in [3.05, 3.63) is 70.9 Å². The Morgan fingerprint density at radius 2 is 1.86 bits per heavy atom. The van der Waals surface area contributed by atoms with Gasteiger partial charge in [0.25, 0.3) is 0 Å². The minimum Gasteiger partial charge on any atom is -0.458 e. The largest absolute Gasteiger partial charge is 0.458 e. The summed E-state index contributed by atoms with van der Waals surface area (Å²) in [4.78, 5) is 0. The standard InChI is InChI=1S/C17H15ClO3/c1-20-17(11-5-3-2-4-6-11)16(19)15-10-12-9-13(18)7-8-14(12)21-15/h2-10,16-17,19H,1H3. The number of hydrogen-bond donors (Lipinski definition) is 1. The van der Waals surface area contributed by atoms with E-state index in [1.54, 1.807) is 31.4 Å². The van der Waals surface area contributed by atoms with Crippen LogP contribution >= 0.6 is 11.6 Å². The van der Waals surface area contributed by atoms with E-state index in [-0.39, 0.29) is 0 Å². The van der Waals surface area contributed by atoms with E-state index in [9.17, 15) is 5.11 Å². The van der Waals surface area contributed by atoms with Crippen LogP contribution in [0, 0.1) is 0 Å². The van der Waals surface area contributed by atoms with Crippen molar-refractivity contribution in [3.63, 3.8) is 0 Å². The third kappa shape index (κ3) is 2.81. The van der Waals surface area contributed by atoms with E-state index in [2.05, 4.69) is 0 Å². The van der Waals surface area contributed by atoms with Crippen LogP contribution in [0.1, 0.15) is 23.5 Å². The van der Waals surface area contributed by atoms with Crippen molar-refractivity contribution in [2.24, 2.45) is 0 Å². The second-order valence-corrected chi connectivity index (χ2v) is 5.28. The molecule has 0 aliphatic heterocycles. The van der Waals surface area contributed by atoms with Gasteiger partial charge in [0.1, 0.15) is 23.6 Å². The predicted molar refractivity (Wildman–Crippen MR) is 82.4 cm³/mol. The first kappa shape index (κ1) is 14.1. The molecule has 1 aromatic heterocycles. The number of aliphatic hydroxyl groups is 1. The number of methoxy groups -OCH3 is 1. The molecule has 2 atom stereocenters. The fourth-order valence-electron chi connectivity index (χ4n) is 2.42. The summed E-state index contributed by atoms with van der Waals surface area (Å²) in [5.74, 6) is 0.461. The first-order valence-corrected chi connectivity index (χ1v) is 7.01. The number of furan rings is 1. The Labute approximate surface area is 127 Å². The first-order valence-electron chi connectivity index (χ1n) is 6.64. The molecular formula is C17H15ClO3. The van der Waals surface area contributed by atoms with Gasteiger partial charge in [0, 0.05) is 17.5 Å². The van der Waals surface area contributed by atoms with Gasteiger partial charge in [-0.1, -0.05) is 41.9 Å². The molecule has 1 heterocycles. The molecule has 0 saturated carbocycles. The topological polar surface area (TPSA) is 42.6 Å². The quantitative estimate of drug-likeness (QED) is 0.771. The lowest BCUT2D eigenvalue weighted by atomic mass is 10.0. The monoisotopic (exact) mass is 302 g/mol. The van der Waals surface area contributed by atoms with Gasteiger partial charge in [-0.3, -0.25) is 0 Å². The van der Waals surface area contributed by atoms with Crippen molar-refractivity contribution in [2.45, 2.75) is 12.2 Å². The summed E-state index contributed by atoms with van der Waals surface area (Å²) in [5, 5.41) is 12.0. The van der Waals surface area contributed by atoms with Crippen molar-refractivity contribution in [3.8, 4) is 0 Å². The van der Waals surface area contributed by atoms with Gasteiger partial charge in [-0.15, -0.1) is 0 Å². The maximum Gasteiger partial charge on any atom is 0.142 e. The van der Waals surface area contributed by atoms with Crippen LogP contribution < -0.4 is 0 Å². The number of rotatable bonds is 4. The van der Waals surface area contributed by atoms with Crippen molar-refractivity contribution in [1.29, 1.82) is 0 Å². The molecule has 0 aliphatic carbocycles. The van der Waals surface area contributed by atoms with Crippen molar-refractivity contribution < 1.29 is 14.3 Å². The Morgan fingerprint density at radius 1 is 1.10 bits per heavy atom. The molecule has 0 aliphatic rings. The number of aliphatic hydroxyl groups excluding tert-OH is 1. The van der Waals surface area contributed by atoms with Crippen LogP contribution in [0.4, 0.5) is 0 Å². The molecule has 3 rings (SSSR count). The van der Waals surface area contributed by atoms with E-state index in [0.29, 0.717) is 16.4 Å². The van der Waals surface area contributed by atoms with E-state index in [1.165, 1.54) is 0 Å². The smallest absolute Gasteiger partial charge is 0.142 e. The lowest BCUT2D eigenvalue weighted by Crippen LogP contribution is -2.12. The molecule has 2 unspecified atom stereocenters. The van der Waals surface area contributed by atoms with Gasteiger partial charge in [-0.25, -0.2) is 0 Å². The average Bonchev–Trinajstić information content (AvgIpc) is 2.92. The van der Waals surface area contributed by atoms with Gasteiger partial charge in [-0.05, 0) is 29.8 Å². The molecular weight excluding hydrogens is 288 g/mol. The molecule has 2 aromatic carbocycles. The molecule has 108 valence electrons. The molecule has 0 fully saturated rings. The van der Waals surface area contributed by atoms with Crippen molar-refractivity contribution in [2.75, 3.05) is 7.11 Å². The molecule has 3 nitrogen and oxygen atoms in total. The zero-order valence-corrected chi connectivity index (χ0v) is 12.2. The lowest BCUT2D eigenvalue weighted by Gasteiger charge is -2.20. The SMILES string of the molecule is COC(c1ccccc1)C(O)c1cc2cc(Cl)ccc2o1. The van der Waals surface area contributed by atoms with Crippen LogP contribution in [0.15, 0.2) is 59.0 Å². The summed E-state index contributed by atoms with van der Waals surface area (Å²) in [5.41, 5.74) is 1.59. The molecule has 0 amide bonds. The highest BCUT2D eigenvalue weighted by Crippen LogP contribution is 2.34. The second-order valence-electron chi connectivity index (χ2n) is 4.84. The summed E-state index contributed by atoms with van der Waals surface area (Å²) in [6.07, 6.45) is -1.37. The lowest BCUT2D eigenvalue weighted by molar-refractivity contribution is -0.0245. The summed E-state index contributed by atoms with van der Waals surface area (Å²) in [7, 11) is 1.57.